The van der Waals surface area contributed by atoms with Crippen LogP contribution in [0.5, 0.6) is 0 Å². The molecule has 0 amide bonds. The lowest BCUT2D eigenvalue weighted by molar-refractivity contribution is 0.0960. The third kappa shape index (κ3) is 1.10. The maximum atomic E-state index is 11.0. The van der Waals surface area contributed by atoms with Gasteiger partial charge in [0.1, 0.15) is 0 Å². The van der Waals surface area contributed by atoms with Crippen molar-refractivity contribution in [2.45, 2.75) is 20.3 Å². The average molecular weight is 138 g/mol. The summed E-state index contributed by atoms with van der Waals surface area (Å²) in [4.78, 5) is 11.0. The van der Waals surface area contributed by atoms with Gasteiger partial charge in [-0.15, -0.1) is 0 Å². The molecule has 0 saturated carbocycles. The summed E-state index contributed by atoms with van der Waals surface area (Å²) in [5.74, 6) is 0.574. The molecule has 0 spiro atoms. The minimum absolute atomic E-state index is 0.0718. The Morgan fingerprint density at radius 1 is 1.70 bits per heavy atom. The predicted octanol–water partition coefficient (Wildman–Crippen LogP) is 2.18. The van der Waals surface area contributed by atoms with E-state index in [0.29, 0.717) is 12.2 Å². The number of furan rings is 1. The fraction of sp³-hybridized carbons (Fsp3) is 0.375. The molecule has 0 aliphatic carbocycles. The van der Waals surface area contributed by atoms with Crippen LogP contribution in [0.3, 0.4) is 0 Å². The van der Waals surface area contributed by atoms with Gasteiger partial charge in [-0.05, 0) is 18.6 Å². The topological polar surface area (TPSA) is 30.2 Å². The molecule has 0 aliphatic rings. The number of rotatable bonds is 2. The molecule has 0 N–H and O–H groups in total. The van der Waals surface area contributed by atoms with E-state index in [1.54, 1.807) is 6.07 Å². The maximum absolute atomic E-state index is 11.0. The quantitative estimate of drug-likeness (QED) is 0.586. The number of ketones is 1. The highest BCUT2D eigenvalue weighted by Crippen LogP contribution is 2.10. The molecule has 0 radical (unpaired) electrons. The Kier molecular flexibility index (Phi) is 1.90. The molecule has 2 heteroatoms. The normalized spacial score (nSPS) is 9.80. The lowest BCUT2D eigenvalue weighted by Gasteiger charge is -1.91. The van der Waals surface area contributed by atoms with Gasteiger partial charge in [0.2, 0.25) is 0 Å². The van der Waals surface area contributed by atoms with Crippen molar-refractivity contribution in [1.29, 1.82) is 0 Å². The molecule has 0 fully saturated rings. The van der Waals surface area contributed by atoms with Gasteiger partial charge < -0.3 is 4.42 Å². The van der Waals surface area contributed by atoms with E-state index in [0.717, 1.165) is 5.56 Å². The Morgan fingerprint density at radius 3 is 2.80 bits per heavy atom. The zero-order chi connectivity index (χ0) is 7.56. The maximum Gasteiger partial charge on any atom is 0.197 e. The molecule has 0 aliphatic heterocycles. The molecule has 0 saturated heterocycles. The third-order valence-electron chi connectivity index (χ3n) is 1.44. The van der Waals surface area contributed by atoms with Crippen molar-refractivity contribution in [1.82, 2.24) is 0 Å². The lowest BCUT2D eigenvalue weighted by atomic mass is 10.2. The van der Waals surface area contributed by atoms with E-state index in [1.165, 1.54) is 6.26 Å². The van der Waals surface area contributed by atoms with Gasteiger partial charge >= 0.3 is 0 Å². The summed E-state index contributed by atoms with van der Waals surface area (Å²) in [6.07, 6.45) is 2.05. The molecule has 1 rings (SSSR count). The van der Waals surface area contributed by atoms with Gasteiger partial charge in [-0.25, -0.2) is 0 Å². The second kappa shape index (κ2) is 2.69. The predicted molar refractivity (Wildman–Crippen MR) is 38.1 cm³/mol. The van der Waals surface area contributed by atoms with Crippen LogP contribution in [-0.2, 0) is 0 Å². The van der Waals surface area contributed by atoms with E-state index in [9.17, 15) is 4.79 Å². The van der Waals surface area contributed by atoms with Crippen molar-refractivity contribution in [2.24, 2.45) is 0 Å². The van der Waals surface area contributed by atoms with Crippen molar-refractivity contribution in [3.05, 3.63) is 23.7 Å². The van der Waals surface area contributed by atoms with E-state index in [-0.39, 0.29) is 5.78 Å². The zero-order valence-corrected chi connectivity index (χ0v) is 6.18. The van der Waals surface area contributed by atoms with Crippen LogP contribution < -0.4 is 0 Å². The molecule has 0 unspecified atom stereocenters. The second-order valence-corrected chi connectivity index (χ2v) is 2.21. The molecular weight excluding hydrogens is 128 g/mol. The first-order valence-corrected chi connectivity index (χ1v) is 3.33. The molecular formula is C8H10O2. The van der Waals surface area contributed by atoms with Crippen molar-refractivity contribution in [2.75, 3.05) is 0 Å². The van der Waals surface area contributed by atoms with Crippen molar-refractivity contribution in [3.8, 4) is 0 Å². The molecule has 0 atom stereocenters. The summed E-state index contributed by atoms with van der Waals surface area (Å²) in [6.45, 7) is 3.69. The standard InChI is InChI=1S/C8H10O2/c1-3-7(9)8-6(2)4-5-10-8/h4-5H,3H2,1-2H3. The zero-order valence-electron chi connectivity index (χ0n) is 6.18. The van der Waals surface area contributed by atoms with Crippen molar-refractivity contribution in [3.63, 3.8) is 0 Å². The Balaban J connectivity index is 2.93. The van der Waals surface area contributed by atoms with Crippen LogP contribution in [0.25, 0.3) is 0 Å². The molecule has 1 heterocycles. The summed E-state index contributed by atoms with van der Waals surface area (Å²) in [5, 5.41) is 0. The molecule has 1 aromatic heterocycles. The first-order valence-electron chi connectivity index (χ1n) is 3.33. The fourth-order valence-electron chi connectivity index (χ4n) is 0.819. The Morgan fingerprint density at radius 2 is 2.40 bits per heavy atom. The highest BCUT2D eigenvalue weighted by atomic mass is 16.3. The average Bonchev–Trinajstić information content (AvgIpc) is 2.34. The first-order chi connectivity index (χ1) is 4.75. The summed E-state index contributed by atoms with van der Waals surface area (Å²) in [6, 6.07) is 1.79. The number of carbonyl (C=O) groups is 1. The SMILES string of the molecule is CCC(=O)c1occc1C. The van der Waals surface area contributed by atoms with Crippen LogP contribution in [0.2, 0.25) is 0 Å². The summed E-state index contributed by atoms with van der Waals surface area (Å²) < 4.78 is 4.97. The van der Waals surface area contributed by atoms with Gasteiger partial charge in [-0.3, -0.25) is 4.79 Å². The van der Waals surface area contributed by atoms with Crippen molar-refractivity contribution < 1.29 is 9.21 Å². The molecule has 0 aromatic carbocycles. The van der Waals surface area contributed by atoms with E-state index >= 15 is 0 Å². The number of carbonyl (C=O) groups excluding carboxylic acids is 1. The molecule has 54 valence electrons. The van der Waals surface area contributed by atoms with Crippen LogP contribution in [0.15, 0.2) is 16.7 Å². The molecule has 1 aromatic rings. The summed E-state index contributed by atoms with van der Waals surface area (Å²) in [7, 11) is 0. The highest BCUT2D eigenvalue weighted by molar-refractivity contribution is 5.94. The smallest absolute Gasteiger partial charge is 0.197 e. The van der Waals surface area contributed by atoms with Crippen LogP contribution in [0.1, 0.15) is 29.5 Å². The van der Waals surface area contributed by atoms with Gasteiger partial charge in [0, 0.05) is 6.42 Å². The van der Waals surface area contributed by atoms with Crippen LogP contribution >= 0.6 is 0 Å². The minimum atomic E-state index is 0.0718. The number of aryl methyl sites for hydroxylation is 1. The fourth-order valence-corrected chi connectivity index (χ4v) is 0.819. The van der Waals surface area contributed by atoms with E-state index in [2.05, 4.69) is 0 Å². The minimum Gasteiger partial charge on any atom is -0.461 e. The Labute approximate surface area is 59.8 Å². The second-order valence-electron chi connectivity index (χ2n) is 2.21. The van der Waals surface area contributed by atoms with Crippen molar-refractivity contribution >= 4 is 5.78 Å². The third-order valence-corrected chi connectivity index (χ3v) is 1.44. The number of hydrogen-bond acceptors (Lipinski definition) is 2. The lowest BCUT2D eigenvalue weighted by Crippen LogP contribution is -1.95. The number of Topliss-reactive ketones (excluding diaryl/α,β-unsaturated/α-hetero) is 1. The largest absolute Gasteiger partial charge is 0.461 e. The van der Waals surface area contributed by atoms with E-state index in [4.69, 9.17) is 4.42 Å². The van der Waals surface area contributed by atoms with Crippen LogP contribution in [0, 0.1) is 6.92 Å². The van der Waals surface area contributed by atoms with Gasteiger partial charge in [0.25, 0.3) is 0 Å². The molecule has 2 nitrogen and oxygen atoms in total. The summed E-state index contributed by atoms with van der Waals surface area (Å²) >= 11 is 0. The first kappa shape index (κ1) is 7.06. The number of hydrogen-bond donors (Lipinski definition) is 0. The van der Waals surface area contributed by atoms with Crippen LogP contribution in [-0.4, -0.2) is 5.78 Å². The van der Waals surface area contributed by atoms with Gasteiger partial charge in [0.15, 0.2) is 11.5 Å². The Bertz CT molecular complexity index is 235. The monoisotopic (exact) mass is 138 g/mol. The molecule has 10 heavy (non-hydrogen) atoms. The van der Waals surface area contributed by atoms with Gasteiger partial charge in [0.05, 0.1) is 6.26 Å². The Hall–Kier alpha value is -1.05. The summed E-state index contributed by atoms with van der Waals surface area (Å²) in [5.41, 5.74) is 0.923. The molecule has 0 bridgehead atoms. The highest BCUT2D eigenvalue weighted by Gasteiger charge is 2.08. The van der Waals surface area contributed by atoms with E-state index in [1.807, 2.05) is 13.8 Å². The van der Waals surface area contributed by atoms with Crippen LogP contribution in [0.4, 0.5) is 0 Å². The van der Waals surface area contributed by atoms with E-state index < -0.39 is 0 Å². The van der Waals surface area contributed by atoms with Gasteiger partial charge in [-0.1, -0.05) is 6.92 Å². The van der Waals surface area contributed by atoms with Gasteiger partial charge in [-0.2, -0.15) is 0 Å².